The number of hydrogen-bond acceptors (Lipinski definition) is 6. The second kappa shape index (κ2) is 6.45. The van der Waals surface area contributed by atoms with Gasteiger partial charge in [0.2, 0.25) is 6.79 Å². The zero-order valence-corrected chi connectivity index (χ0v) is 14.2. The molecule has 2 aliphatic rings. The Bertz CT molecular complexity index is 782. The van der Waals surface area contributed by atoms with Crippen LogP contribution in [0.2, 0.25) is 0 Å². The standard InChI is InChI=1S/C16H19N3O4S/c1-10(23-11-4-5-13-14(7-11)22-9-21-13)15-17-18-16(24)19(15)8-12-3-2-6-20-12/h4-5,7,10,12H,2-3,6,8-9H2,1H3,(H,18,24)/t10-,12-/m1/s1. The van der Waals surface area contributed by atoms with E-state index in [0.717, 1.165) is 31.0 Å². The maximum Gasteiger partial charge on any atom is 0.231 e. The molecule has 2 aliphatic heterocycles. The molecule has 7 nitrogen and oxygen atoms in total. The van der Waals surface area contributed by atoms with Crippen LogP contribution in [0.3, 0.4) is 0 Å². The van der Waals surface area contributed by atoms with Crippen molar-refractivity contribution in [3.8, 4) is 17.2 Å². The van der Waals surface area contributed by atoms with Crippen LogP contribution < -0.4 is 14.2 Å². The summed E-state index contributed by atoms with van der Waals surface area (Å²) >= 11 is 5.35. The number of ether oxygens (including phenoxy) is 4. The summed E-state index contributed by atoms with van der Waals surface area (Å²) < 4.78 is 25.0. The highest BCUT2D eigenvalue weighted by Gasteiger charge is 2.22. The number of rotatable bonds is 5. The van der Waals surface area contributed by atoms with E-state index in [2.05, 4.69) is 10.2 Å². The maximum absolute atomic E-state index is 6.02. The van der Waals surface area contributed by atoms with Crippen molar-refractivity contribution in [2.45, 2.75) is 38.5 Å². The summed E-state index contributed by atoms with van der Waals surface area (Å²) in [6, 6.07) is 5.52. The number of aromatic amines is 1. The van der Waals surface area contributed by atoms with E-state index >= 15 is 0 Å². The van der Waals surface area contributed by atoms with Gasteiger partial charge in [0.05, 0.1) is 12.6 Å². The largest absolute Gasteiger partial charge is 0.483 e. The summed E-state index contributed by atoms with van der Waals surface area (Å²) in [4.78, 5) is 0. The van der Waals surface area contributed by atoms with Gasteiger partial charge in [0.25, 0.3) is 0 Å². The van der Waals surface area contributed by atoms with E-state index in [0.29, 0.717) is 22.8 Å². The molecule has 1 aromatic heterocycles. The lowest BCUT2D eigenvalue weighted by Crippen LogP contribution is -2.19. The van der Waals surface area contributed by atoms with Crippen LogP contribution in [0.5, 0.6) is 17.2 Å². The Morgan fingerprint density at radius 2 is 2.29 bits per heavy atom. The number of nitrogens with zero attached hydrogens (tertiary/aromatic N) is 2. The van der Waals surface area contributed by atoms with Gasteiger partial charge in [-0.1, -0.05) is 0 Å². The molecule has 0 saturated carbocycles. The van der Waals surface area contributed by atoms with Crippen molar-refractivity contribution >= 4 is 12.2 Å². The molecule has 2 aromatic rings. The van der Waals surface area contributed by atoms with E-state index in [1.807, 2.05) is 29.7 Å². The van der Waals surface area contributed by atoms with Crippen LogP contribution in [0.4, 0.5) is 0 Å². The van der Waals surface area contributed by atoms with E-state index in [1.54, 1.807) is 0 Å². The molecule has 1 aromatic carbocycles. The number of fused-ring (bicyclic) bond motifs is 1. The zero-order valence-electron chi connectivity index (χ0n) is 13.4. The molecule has 0 amide bonds. The first kappa shape index (κ1) is 15.5. The predicted octanol–water partition coefficient (Wildman–Crippen LogP) is 2.99. The zero-order chi connectivity index (χ0) is 16.5. The minimum absolute atomic E-state index is 0.186. The van der Waals surface area contributed by atoms with Gasteiger partial charge in [-0.25, -0.2) is 0 Å². The number of aromatic nitrogens is 3. The molecule has 1 saturated heterocycles. The molecule has 1 N–H and O–H groups in total. The molecule has 24 heavy (non-hydrogen) atoms. The fourth-order valence-corrected chi connectivity index (χ4v) is 3.23. The summed E-state index contributed by atoms with van der Waals surface area (Å²) in [5.41, 5.74) is 0. The van der Waals surface area contributed by atoms with Gasteiger partial charge in [-0.2, -0.15) is 5.10 Å². The predicted molar refractivity (Wildman–Crippen MR) is 88.0 cm³/mol. The van der Waals surface area contributed by atoms with Crippen LogP contribution in [0.25, 0.3) is 0 Å². The number of nitrogens with one attached hydrogen (secondary N) is 1. The van der Waals surface area contributed by atoms with Crippen molar-refractivity contribution in [3.05, 3.63) is 28.8 Å². The summed E-state index contributed by atoms with van der Waals surface area (Å²) in [6.07, 6.45) is 2.06. The van der Waals surface area contributed by atoms with Gasteiger partial charge < -0.3 is 18.9 Å². The lowest BCUT2D eigenvalue weighted by atomic mass is 10.2. The molecule has 0 bridgehead atoms. The second-order valence-electron chi connectivity index (χ2n) is 5.91. The van der Waals surface area contributed by atoms with Crippen molar-refractivity contribution in [2.24, 2.45) is 0 Å². The third-order valence-corrected chi connectivity index (χ3v) is 4.53. The van der Waals surface area contributed by atoms with Gasteiger partial charge in [0.15, 0.2) is 28.2 Å². The van der Waals surface area contributed by atoms with Gasteiger partial charge in [-0.15, -0.1) is 0 Å². The van der Waals surface area contributed by atoms with Crippen LogP contribution in [-0.4, -0.2) is 34.3 Å². The fourth-order valence-electron chi connectivity index (χ4n) is 3.02. The molecule has 128 valence electrons. The van der Waals surface area contributed by atoms with Gasteiger partial charge in [-0.05, 0) is 44.1 Å². The van der Waals surface area contributed by atoms with Gasteiger partial charge in [0.1, 0.15) is 5.75 Å². The highest BCUT2D eigenvalue weighted by Crippen LogP contribution is 2.36. The highest BCUT2D eigenvalue weighted by molar-refractivity contribution is 7.71. The Morgan fingerprint density at radius 3 is 3.12 bits per heavy atom. The Balaban J connectivity index is 1.52. The van der Waals surface area contributed by atoms with Crippen molar-refractivity contribution in [2.75, 3.05) is 13.4 Å². The second-order valence-corrected chi connectivity index (χ2v) is 6.29. The Labute approximate surface area is 144 Å². The SMILES string of the molecule is C[C@@H](Oc1ccc2c(c1)OCO2)c1n[nH]c(=S)n1C[C@H]1CCCO1. The van der Waals surface area contributed by atoms with Gasteiger partial charge in [-0.3, -0.25) is 9.67 Å². The Morgan fingerprint density at radius 1 is 1.42 bits per heavy atom. The maximum atomic E-state index is 6.02. The number of H-pyrrole nitrogens is 1. The van der Waals surface area contributed by atoms with Crippen LogP contribution >= 0.6 is 12.2 Å². The van der Waals surface area contributed by atoms with Crippen molar-refractivity contribution in [1.82, 2.24) is 14.8 Å². The Hall–Kier alpha value is -2.06. The highest BCUT2D eigenvalue weighted by atomic mass is 32.1. The van der Waals surface area contributed by atoms with E-state index < -0.39 is 0 Å². The number of hydrogen-bond donors (Lipinski definition) is 1. The molecule has 3 heterocycles. The van der Waals surface area contributed by atoms with Crippen LogP contribution in [0.15, 0.2) is 18.2 Å². The summed E-state index contributed by atoms with van der Waals surface area (Å²) in [5, 5.41) is 7.19. The summed E-state index contributed by atoms with van der Waals surface area (Å²) in [6.45, 7) is 3.70. The minimum Gasteiger partial charge on any atom is -0.483 e. The molecule has 1 fully saturated rings. The average molecular weight is 349 g/mol. The van der Waals surface area contributed by atoms with Crippen molar-refractivity contribution in [1.29, 1.82) is 0 Å². The molecule has 0 spiro atoms. The van der Waals surface area contributed by atoms with E-state index in [-0.39, 0.29) is 19.0 Å². The monoisotopic (exact) mass is 349 g/mol. The first-order valence-corrected chi connectivity index (χ1v) is 8.44. The lowest BCUT2D eigenvalue weighted by molar-refractivity contribution is 0.0935. The summed E-state index contributed by atoms with van der Waals surface area (Å²) in [7, 11) is 0. The molecule has 4 rings (SSSR count). The normalized spacial score (nSPS) is 20.3. The van der Waals surface area contributed by atoms with Gasteiger partial charge >= 0.3 is 0 Å². The number of benzene rings is 1. The average Bonchev–Trinajstić information content (AvgIpc) is 3.30. The topological polar surface area (TPSA) is 70.5 Å². The first-order valence-electron chi connectivity index (χ1n) is 8.04. The van der Waals surface area contributed by atoms with Crippen LogP contribution in [0.1, 0.15) is 31.7 Å². The quantitative estimate of drug-likeness (QED) is 0.837. The van der Waals surface area contributed by atoms with E-state index in [1.165, 1.54) is 0 Å². The first-order chi connectivity index (χ1) is 11.7. The molecule has 0 unspecified atom stereocenters. The van der Waals surface area contributed by atoms with Crippen LogP contribution in [0, 0.1) is 4.77 Å². The molecule has 2 atom stereocenters. The minimum atomic E-state index is -0.264. The van der Waals surface area contributed by atoms with Gasteiger partial charge in [0, 0.05) is 12.7 Å². The van der Waals surface area contributed by atoms with Crippen LogP contribution in [-0.2, 0) is 11.3 Å². The third kappa shape index (κ3) is 2.99. The summed E-state index contributed by atoms with van der Waals surface area (Å²) in [5.74, 6) is 2.88. The van der Waals surface area contributed by atoms with E-state index in [9.17, 15) is 0 Å². The Kier molecular flexibility index (Phi) is 4.15. The molecule has 0 aliphatic carbocycles. The lowest BCUT2D eigenvalue weighted by Gasteiger charge is -2.17. The van der Waals surface area contributed by atoms with E-state index in [4.69, 9.17) is 31.2 Å². The van der Waals surface area contributed by atoms with Crippen molar-refractivity contribution < 1.29 is 18.9 Å². The molecular weight excluding hydrogens is 330 g/mol. The smallest absolute Gasteiger partial charge is 0.231 e. The van der Waals surface area contributed by atoms with Crippen molar-refractivity contribution in [3.63, 3.8) is 0 Å². The molecular formula is C16H19N3O4S. The third-order valence-electron chi connectivity index (χ3n) is 4.22. The molecule has 8 heteroatoms. The molecule has 0 radical (unpaired) electrons. The fraction of sp³-hybridized carbons (Fsp3) is 0.500.